The van der Waals surface area contributed by atoms with Gasteiger partial charge in [-0.05, 0) is 12.8 Å². The molecule has 0 atom stereocenters. The molecule has 15 heavy (non-hydrogen) atoms. The van der Waals surface area contributed by atoms with Gasteiger partial charge in [0.25, 0.3) is 0 Å². The highest BCUT2D eigenvalue weighted by Gasteiger charge is 2.18. The Balaban J connectivity index is 2.03. The van der Waals surface area contributed by atoms with E-state index in [-0.39, 0.29) is 5.69 Å². The summed E-state index contributed by atoms with van der Waals surface area (Å²) in [6, 6.07) is 0.428. The highest BCUT2D eigenvalue weighted by atomic mass is 32.1. The number of anilines is 1. The zero-order valence-corrected chi connectivity index (χ0v) is 9.22. The molecule has 1 aromatic heterocycles. The maximum atomic E-state index is 10.8. The highest BCUT2D eigenvalue weighted by Crippen LogP contribution is 2.26. The Morgan fingerprint density at radius 1 is 1.47 bits per heavy atom. The SMILES string of the molecule is O=C(O)c1ncsc1NC1CCCCC1. The van der Waals surface area contributed by atoms with Crippen molar-refractivity contribution in [3.63, 3.8) is 0 Å². The molecule has 0 bridgehead atoms. The number of aromatic carboxylic acids is 1. The smallest absolute Gasteiger partial charge is 0.357 e. The van der Waals surface area contributed by atoms with Crippen molar-refractivity contribution in [2.45, 2.75) is 38.1 Å². The van der Waals surface area contributed by atoms with E-state index in [0.29, 0.717) is 11.0 Å². The second kappa shape index (κ2) is 4.61. The summed E-state index contributed by atoms with van der Waals surface area (Å²) in [6.07, 6.45) is 6.04. The van der Waals surface area contributed by atoms with Crippen molar-refractivity contribution in [3.05, 3.63) is 11.2 Å². The third-order valence-corrected chi connectivity index (χ3v) is 3.47. The molecule has 1 aliphatic rings. The van der Waals surface area contributed by atoms with Gasteiger partial charge in [-0.1, -0.05) is 19.3 Å². The van der Waals surface area contributed by atoms with Crippen molar-refractivity contribution in [1.29, 1.82) is 0 Å². The minimum absolute atomic E-state index is 0.158. The lowest BCUT2D eigenvalue weighted by molar-refractivity contribution is 0.0692. The maximum Gasteiger partial charge on any atom is 0.357 e. The van der Waals surface area contributed by atoms with Gasteiger partial charge in [-0.15, -0.1) is 11.3 Å². The Kier molecular flexibility index (Phi) is 3.20. The minimum Gasteiger partial charge on any atom is -0.476 e. The number of carboxylic acids is 1. The van der Waals surface area contributed by atoms with Gasteiger partial charge in [0.1, 0.15) is 5.00 Å². The monoisotopic (exact) mass is 226 g/mol. The van der Waals surface area contributed by atoms with E-state index in [0.717, 1.165) is 12.8 Å². The standard InChI is InChI=1S/C10H14N2O2S/c13-10(14)8-9(15-6-11-8)12-7-4-2-1-3-5-7/h6-7,12H,1-5H2,(H,13,14). The first-order chi connectivity index (χ1) is 7.27. The van der Waals surface area contributed by atoms with E-state index in [2.05, 4.69) is 10.3 Å². The largest absolute Gasteiger partial charge is 0.476 e. The predicted octanol–water partition coefficient (Wildman–Crippen LogP) is 2.59. The van der Waals surface area contributed by atoms with Gasteiger partial charge in [0.2, 0.25) is 0 Å². The fraction of sp³-hybridized carbons (Fsp3) is 0.600. The lowest BCUT2D eigenvalue weighted by atomic mass is 9.96. The van der Waals surface area contributed by atoms with Gasteiger partial charge < -0.3 is 10.4 Å². The molecule has 0 amide bonds. The molecule has 2 rings (SSSR count). The molecule has 0 radical (unpaired) electrons. The molecule has 0 spiro atoms. The number of hydrogen-bond donors (Lipinski definition) is 2. The molecule has 82 valence electrons. The molecule has 1 heterocycles. The van der Waals surface area contributed by atoms with Gasteiger partial charge in [-0.25, -0.2) is 9.78 Å². The Morgan fingerprint density at radius 3 is 2.87 bits per heavy atom. The summed E-state index contributed by atoms with van der Waals surface area (Å²) in [4.78, 5) is 14.7. The van der Waals surface area contributed by atoms with E-state index in [1.165, 1.54) is 30.6 Å². The Bertz CT molecular complexity index is 345. The summed E-state index contributed by atoms with van der Waals surface area (Å²) in [7, 11) is 0. The molecule has 4 nitrogen and oxygen atoms in total. The molecule has 0 unspecified atom stereocenters. The first-order valence-electron chi connectivity index (χ1n) is 5.20. The van der Waals surface area contributed by atoms with Crippen LogP contribution in [0.2, 0.25) is 0 Å². The number of carbonyl (C=O) groups is 1. The maximum absolute atomic E-state index is 10.8. The zero-order valence-electron chi connectivity index (χ0n) is 8.40. The van der Waals surface area contributed by atoms with Crippen molar-refractivity contribution in [2.24, 2.45) is 0 Å². The number of carboxylic acid groups (broad SMARTS) is 1. The van der Waals surface area contributed by atoms with Crippen LogP contribution in [0.3, 0.4) is 0 Å². The summed E-state index contributed by atoms with van der Waals surface area (Å²) in [5.41, 5.74) is 1.74. The van der Waals surface area contributed by atoms with Crippen LogP contribution in [0, 0.1) is 0 Å². The molecular weight excluding hydrogens is 212 g/mol. The third-order valence-electron chi connectivity index (χ3n) is 2.71. The van der Waals surface area contributed by atoms with E-state index in [1.54, 1.807) is 5.51 Å². The van der Waals surface area contributed by atoms with E-state index in [9.17, 15) is 4.79 Å². The Morgan fingerprint density at radius 2 is 2.20 bits per heavy atom. The van der Waals surface area contributed by atoms with Crippen LogP contribution >= 0.6 is 11.3 Å². The summed E-state index contributed by atoms with van der Waals surface area (Å²) in [5, 5.41) is 12.9. The fourth-order valence-corrected chi connectivity index (χ4v) is 2.68. The molecular formula is C10H14N2O2S. The van der Waals surface area contributed by atoms with E-state index in [1.807, 2.05) is 0 Å². The lowest BCUT2D eigenvalue weighted by Crippen LogP contribution is -2.22. The van der Waals surface area contributed by atoms with Crippen LogP contribution < -0.4 is 5.32 Å². The third kappa shape index (κ3) is 2.47. The molecule has 1 fully saturated rings. The van der Waals surface area contributed by atoms with Gasteiger partial charge >= 0.3 is 5.97 Å². The zero-order chi connectivity index (χ0) is 10.7. The van der Waals surface area contributed by atoms with Crippen LogP contribution in [-0.4, -0.2) is 22.1 Å². The van der Waals surface area contributed by atoms with Crippen LogP contribution in [0.1, 0.15) is 42.6 Å². The van der Waals surface area contributed by atoms with Crippen LogP contribution in [0.25, 0.3) is 0 Å². The molecule has 0 aliphatic heterocycles. The van der Waals surface area contributed by atoms with Crippen LogP contribution in [0.5, 0.6) is 0 Å². The molecule has 1 saturated carbocycles. The number of hydrogen-bond acceptors (Lipinski definition) is 4. The van der Waals surface area contributed by atoms with Crippen LogP contribution in [-0.2, 0) is 0 Å². The van der Waals surface area contributed by atoms with Gasteiger partial charge in [0.15, 0.2) is 5.69 Å². The first kappa shape index (κ1) is 10.4. The van der Waals surface area contributed by atoms with Crippen LogP contribution in [0.4, 0.5) is 5.00 Å². The topological polar surface area (TPSA) is 62.2 Å². The average Bonchev–Trinajstić information content (AvgIpc) is 2.67. The Labute approximate surface area is 92.3 Å². The van der Waals surface area contributed by atoms with E-state index in [4.69, 9.17) is 5.11 Å². The number of thiazole rings is 1. The van der Waals surface area contributed by atoms with Crippen molar-refractivity contribution in [3.8, 4) is 0 Å². The van der Waals surface area contributed by atoms with Crippen molar-refractivity contribution in [2.75, 3.05) is 5.32 Å². The first-order valence-corrected chi connectivity index (χ1v) is 6.08. The molecule has 1 aromatic rings. The number of nitrogens with zero attached hydrogens (tertiary/aromatic N) is 1. The van der Waals surface area contributed by atoms with Gasteiger partial charge in [-0.3, -0.25) is 0 Å². The number of nitrogens with one attached hydrogen (secondary N) is 1. The van der Waals surface area contributed by atoms with Crippen molar-refractivity contribution < 1.29 is 9.90 Å². The highest BCUT2D eigenvalue weighted by molar-refractivity contribution is 7.14. The number of aromatic nitrogens is 1. The molecule has 5 heteroatoms. The molecule has 2 N–H and O–H groups in total. The second-order valence-corrected chi connectivity index (χ2v) is 4.67. The van der Waals surface area contributed by atoms with Crippen LogP contribution in [0.15, 0.2) is 5.51 Å². The normalized spacial score (nSPS) is 17.6. The molecule has 0 saturated heterocycles. The van der Waals surface area contributed by atoms with E-state index < -0.39 is 5.97 Å². The minimum atomic E-state index is -0.949. The summed E-state index contributed by atoms with van der Waals surface area (Å²) >= 11 is 1.37. The summed E-state index contributed by atoms with van der Waals surface area (Å²) in [5.74, 6) is -0.949. The fourth-order valence-electron chi connectivity index (χ4n) is 1.93. The molecule has 1 aliphatic carbocycles. The lowest BCUT2D eigenvalue weighted by Gasteiger charge is -2.22. The van der Waals surface area contributed by atoms with Crippen molar-refractivity contribution in [1.82, 2.24) is 4.98 Å². The average molecular weight is 226 g/mol. The quantitative estimate of drug-likeness (QED) is 0.831. The second-order valence-electron chi connectivity index (χ2n) is 3.81. The summed E-state index contributed by atoms with van der Waals surface area (Å²) < 4.78 is 0. The number of rotatable bonds is 3. The predicted molar refractivity (Wildman–Crippen MR) is 59.6 cm³/mol. The van der Waals surface area contributed by atoms with Gasteiger partial charge in [-0.2, -0.15) is 0 Å². The summed E-state index contributed by atoms with van der Waals surface area (Å²) in [6.45, 7) is 0. The van der Waals surface area contributed by atoms with Gasteiger partial charge in [0, 0.05) is 6.04 Å². The van der Waals surface area contributed by atoms with Crippen molar-refractivity contribution >= 4 is 22.3 Å². The molecule has 0 aromatic carbocycles. The van der Waals surface area contributed by atoms with Gasteiger partial charge in [0.05, 0.1) is 5.51 Å². The van der Waals surface area contributed by atoms with E-state index >= 15 is 0 Å². The Hall–Kier alpha value is -1.10.